The summed E-state index contributed by atoms with van der Waals surface area (Å²) in [6.07, 6.45) is 0.759. The first-order chi connectivity index (χ1) is 9.86. The van der Waals surface area contributed by atoms with Gasteiger partial charge in [0.15, 0.2) is 11.5 Å². The highest BCUT2D eigenvalue weighted by atomic mass is 19.1. The monoisotopic (exact) mass is 303 g/mol. The molecule has 0 radical (unpaired) electrons. The third-order valence-electron chi connectivity index (χ3n) is 2.68. The highest BCUT2D eigenvalue weighted by Gasteiger charge is 2.24. The summed E-state index contributed by atoms with van der Waals surface area (Å²) in [5, 5.41) is 12.8. The summed E-state index contributed by atoms with van der Waals surface area (Å²) in [7, 11) is 1.49. The molecule has 7 nitrogen and oxygen atoms in total. The zero-order valence-electron chi connectivity index (χ0n) is 11.3. The molecule has 0 saturated heterocycles. The quantitative estimate of drug-likeness (QED) is 0.451. The van der Waals surface area contributed by atoms with Crippen molar-refractivity contribution in [2.45, 2.75) is 18.9 Å². The van der Waals surface area contributed by atoms with E-state index < -0.39 is 39.9 Å². The number of rotatable bonds is 7. The summed E-state index contributed by atoms with van der Waals surface area (Å²) in [5.74, 6) is -3.14. The maximum absolute atomic E-state index is 13.6. The first-order valence-corrected chi connectivity index (χ1v) is 6.05. The largest absolute Gasteiger partial charge is 0.385 e. The second-order valence-corrected chi connectivity index (χ2v) is 4.27. The van der Waals surface area contributed by atoms with Gasteiger partial charge in [-0.1, -0.05) is 0 Å². The Hall–Kier alpha value is -2.13. The number of carbonyl (C=O) groups excluding carboxylic acids is 1. The fraction of sp³-hybridized carbons (Fsp3) is 0.417. The van der Waals surface area contributed by atoms with E-state index in [4.69, 9.17) is 10.5 Å². The maximum Gasteiger partial charge on any atom is 0.298 e. The lowest BCUT2D eigenvalue weighted by Crippen LogP contribution is -2.36. The van der Waals surface area contributed by atoms with Crippen molar-refractivity contribution in [2.24, 2.45) is 5.73 Å². The van der Waals surface area contributed by atoms with E-state index in [0.717, 1.165) is 0 Å². The molecule has 1 aromatic rings. The fourth-order valence-electron chi connectivity index (χ4n) is 1.62. The highest BCUT2D eigenvalue weighted by Crippen LogP contribution is 2.28. The van der Waals surface area contributed by atoms with Gasteiger partial charge >= 0.3 is 0 Å². The Labute approximate surface area is 119 Å². The van der Waals surface area contributed by atoms with E-state index in [2.05, 4.69) is 0 Å². The van der Waals surface area contributed by atoms with E-state index in [1.54, 1.807) is 0 Å². The lowest BCUT2D eigenvalue weighted by molar-refractivity contribution is -0.384. The van der Waals surface area contributed by atoms with Gasteiger partial charge in [0, 0.05) is 19.8 Å². The van der Waals surface area contributed by atoms with Gasteiger partial charge in [-0.25, -0.2) is 8.78 Å². The standard InChI is InChI=1S/C12H15F2N3O4/c1-21-4-2-3-9(15)12(18)16-11-8(14)5-7(13)6-10(11)17(19)20/h5-6,9H,2-4,15H2,1H3,(H,16,18). The van der Waals surface area contributed by atoms with Crippen molar-refractivity contribution in [3.8, 4) is 0 Å². The van der Waals surface area contributed by atoms with E-state index in [1.807, 2.05) is 5.32 Å². The van der Waals surface area contributed by atoms with Crippen LogP contribution >= 0.6 is 0 Å². The number of nitro groups is 1. The summed E-state index contributed by atoms with van der Waals surface area (Å²) in [5.41, 5.74) is 4.01. The number of ether oxygens (including phenoxy) is 1. The van der Waals surface area contributed by atoms with E-state index in [-0.39, 0.29) is 6.42 Å². The fourth-order valence-corrected chi connectivity index (χ4v) is 1.62. The molecule has 1 aromatic carbocycles. The SMILES string of the molecule is COCCCC(N)C(=O)Nc1c(F)cc(F)cc1[N+](=O)[O-]. The Balaban J connectivity index is 2.87. The first kappa shape index (κ1) is 16.9. The van der Waals surface area contributed by atoms with Crippen LogP contribution in [0.3, 0.4) is 0 Å². The minimum atomic E-state index is -1.24. The van der Waals surface area contributed by atoms with Crippen LogP contribution in [0.5, 0.6) is 0 Å². The number of nitro benzene ring substituents is 1. The number of anilines is 1. The van der Waals surface area contributed by atoms with Crippen molar-refractivity contribution >= 4 is 17.3 Å². The van der Waals surface area contributed by atoms with Gasteiger partial charge in [0.05, 0.1) is 17.0 Å². The lowest BCUT2D eigenvalue weighted by Gasteiger charge is -2.12. The molecule has 0 saturated carbocycles. The smallest absolute Gasteiger partial charge is 0.298 e. The van der Waals surface area contributed by atoms with Crippen molar-refractivity contribution in [3.63, 3.8) is 0 Å². The zero-order chi connectivity index (χ0) is 16.0. The second kappa shape index (κ2) is 7.60. The Morgan fingerprint density at radius 1 is 1.52 bits per heavy atom. The molecule has 0 heterocycles. The van der Waals surface area contributed by atoms with Gasteiger partial charge in [0.1, 0.15) is 5.82 Å². The van der Waals surface area contributed by atoms with Crippen LogP contribution in [0.4, 0.5) is 20.2 Å². The number of carbonyl (C=O) groups is 1. The number of methoxy groups -OCH3 is 1. The van der Waals surface area contributed by atoms with Gasteiger partial charge in [-0.2, -0.15) is 0 Å². The molecular formula is C12H15F2N3O4. The highest BCUT2D eigenvalue weighted by molar-refractivity contribution is 5.96. The van der Waals surface area contributed by atoms with Crippen molar-refractivity contribution < 1.29 is 23.2 Å². The number of benzene rings is 1. The molecule has 0 bridgehead atoms. The molecule has 1 unspecified atom stereocenters. The van der Waals surface area contributed by atoms with Gasteiger partial charge in [-0.05, 0) is 12.8 Å². The number of nitrogens with two attached hydrogens (primary N) is 1. The second-order valence-electron chi connectivity index (χ2n) is 4.27. The Morgan fingerprint density at radius 2 is 2.19 bits per heavy atom. The van der Waals surface area contributed by atoms with E-state index in [1.165, 1.54) is 7.11 Å². The normalized spacial score (nSPS) is 12.0. The van der Waals surface area contributed by atoms with Crippen LogP contribution in [0.15, 0.2) is 12.1 Å². The summed E-state index contributed by atoms with van der Waals surface area (Å²) < 4.78 is 31.4. The van der Waals surface area contributed by atoms with Crippen LogP contribution in [-0.2, 0) is 9.53 Å². The number of nitrogens with one attached hydrogen (secondary N) is 1. The van der Waals surface area contributed by atoms with Crippen LogP contribution in [0, 0.1) is 21.7 Å². The molecule has 1 atom stereocenters. The van der Waals surface area contributed by atoms with Crippen LogP contribution < -0.4 is 11.1 Å². The number of hydrogen-bond acceptors (Lipinski definition) is 5. The molecule has 0 aromatic heterocycles. The summed E-state index contributed by atoms with van der Waals surface area (Å²) in [6.45, 7) is 0.395. The predicted molar refractivity (Wildman–Crippen MR) is 70.7 cm³/mol. The predicted octanol–water partition coefficient (Wildman–Crippen LogP) is 1.57. The third-order valence-corrected chi connectivity index (χ3v) is 2.68. The average molecular weight is 303 g/mol. The first-order valence-electron chi connectivity index (χ1n) is 6.05. The van der Waals surface area contributed by atoms with Crippen molar-refractivity contribution in [1.82, 2.24) is 0 Å². The molecule has 0 fully saturated rings. The molecular weight excluding hydrogens is 288 g/mol. The summed E-state index contributed by atoms with van der Waals surface area (Å²) >= 11 is 0. The number of halogens is 2. The van der Waals surface area contributed by atoms with Gasteiger partial charge in [0.2, 0.25) is 5.91 Å². The molecule has 0 aliphatic heterocycles. The van der Waals surface area contributed by atoms with Gasteiger partial charge < -0.3 is 15.8 Å². The van der Waals surface area contributed by atoms with Crippen molar-refractivity contribution in [2.75, 3.05) is 19.0 Å². The lowest BCUT2D eigenvalue weighted by atomic mass is 10.1. The average Bonchev–Trinajstić information content (AvgIpc) is 2.41. The Kier molecular flexibility index (Phi) is 6.12. The molecule has 0 aliphatic rings. The maximum atomic E-state index is 13.6. The zero-order valence-corrected chi connectivity index (χ0v) is 11.3. The van der Waals surface area contributed by atoms with Gasteiger partial charge in [-0.3, -0.25) is 14.9 Å². The molecule has 1 amide bonds. The number of amides is 1. The van der Waals surface area contributed by atoms with Gasteiger partial charge in [-0.15, -0.1) is 0 Å². The molecule has 1 rings (SSSR count). The minimum absolute atomic E-state index is 0.260. The van der Waals surface area contributed by atoms with Crippen molar-refractivity contribution in [3.05, 3.63) is 33.9 Å². The summed E-state index contributed by atoms with van der Waals surface area (Å²) in [4.78, 5) is 21.5. The molecule has 3 N–H and O–H groups in total. The Bertz CT molecular complexity index is 539. The third kappa shape index (κ3) is 4.72. The van der Waals surface area contributed by atoms with E-state index in [0.29, 0.717) is 25.2 Å². The van der Waals surface area contributed by atoms with E-state index in [9.17, 15) is 23.7 Å². The molecule has 9 heteroatoms. The number of hydrogen-bond donors (Lipinski definition) is 2. The molecule has 21 heavy (non-hydrogen) atoms. The van der Waals surface area contributed by atoms with Crippen molar-refractivity contribution in [1.29, 1.82) is 0 Å². The van der Waals surface area contributed by atoms with Gasteiger partial charge in [0.25, 0.3) is 5.69 Å². The van der Waals surface area contributed by atoms with Crippen LogP contribution in [0.2, 0.25) is 0 Å². The number of nitrogens with zero attached hydrogens (tertiary/aromatic N) is 1. The molecule has 0 spiro atoms. The molecule has 0 aliphatic carbocycles. The van der Waals surface area contributed by atoms with Crippen LogP contribution in [0.1, 0.15) is 12.8 Å². The minimum Gasteiger partial charge on any atom is -0.385 e. The van der Waals surface area contributed by atoms with Crippen LogP contribution in [0.25, 0.3) is 0 Å². The summed E-state index contributed by atoms with van der Waals surface area (Å²) in [6, 6.07) is -0.0157. The van der Waals surface area contributed by atoms with E-state index >= 15 is 0 Å². The Morgan fingerprint density at radius 3 is 2.76 bits per heavy atom. The molecule has 116 valence electrons. The van der Waals surface area contributed by atoms with Crippen LogP contribution in [-0.4, -0.2) is 30.6 Å². The topological polar surface area (TPSA) is 107 Å².